The molecule has 0 fully saturated rings. The highest BCUT2D eigenvalue weighted by molar-refractivity contribution is 6.04. The number of nitrogens with zero attached hydrogens (tertiary/aromatic N) is 1. The molecule has 1 aromatic carbocycles. The third-order valence-electron chi connectivity index (χ3n) is 2.84. The minimum Gasteiger partial charge on any atom is -0.322 e. The Bertz CT molecular complexity index is 612. The molecule has 0 saturated heterocycles. The van der Waals surface area contributed by atoms with Crippen LogP contribution in [-0.4, -0.2) is 10.9 Å². The summed E-state index contributed by atoms with van der Waals surface area (Å²) in [6.45, 7) is 2.08. The van der Waals surface area contributed by atoms with Crippen molar-refractivity contribution in [3.05, 3.63) is 59.4 Å². The van der Waals surface area contributed by atoms with Gasteiger partial charge >= 0.3 is 0 Å². The number of hydrogen-bond acceptors (Lipinski definition) is 2. The minimum absolute atomic E-state index is 0.366. The van der Waals surface area contributed by atoms with Gasteiger partial charge in [-0.05, 0) is 30.2 Å². The van der Waals surface area contributed by atoms with E-state index in [-0.39, 0.29) is 5.56 Å². The first-order valence-electron chi connectivity index (χ1n) is 6.32. The van der Waals surface area contributed by atoms with Crippen molar-refractivity contribution in [2.75, 3.05) is 5.32 Å². The number of pyridine rings is 1. The van der Waals surface area contributed by atoms with Crippen LogP contribution in [0.1, 0.15) is 29.3 Å². The van der Waals surface area contributed by atoms with Crippen molar-refractivity contribution in [1.29, 1.82) is 0 Å². The van der Waals surface area contributed by atoms with Gasteiger partial charge in [-0.25, -0.2) is 9.37 Å². The summed E-state index contributed by atoms with van der Waals surface area (Å²) in [5, 5.41) is 2.52. The molecule has 0 unspecified atom stereocenters. The predicted octanol–water partition coefficient (Wildman–Crippen LogP) is 3.56. The number of hydrogen-bond donors (Lipinski definition) is 1. The van der Waals surface area contributed by atoms with Crippen molar-refractivity contribution >= 4 is 11.6 Å². The lowest BCUT2D eigenvalue weighted by Crippen LogP contribution is -2.15. The molecule has 0 spiro atoms. The van der Waals surface area contributed by atoms with Gasteiger partial charge in [-0.3, -0.25) is 4.79 Å². The van der Waals surface area contributed by atoms with Crippen molar-refractivity contribution in [1.82, 2.24) is 4.98 Å². The van der Waals surface area contributed by atoms with Crippen molar-refractivity contribution in [2.24, 2.45) is 0 Å². The van der Waals surface area contributed by atoms with Crippen LogP contribution in [0.25, 0.3) is 0 Å². The summed E-state index contributed by atoms with van der Waals surface area (Å²) < 4.78 is 26.4. The molecule has 5 heteroatoms. The molecule has 0 atom stereocenters. The summed E-state index contributed by atoms with van der Waals surface area (Å²) in [5.41, 5.74) is 1.33. The molecule has 1 N–H and O–H groups in total. The Morgan fingerprint density at radius 2 is 1.90 bits per heavy atom. The lowest BCUT2D eigenvalue weighted by Gasteiger charge is -2.07. The Labute approximate surface area is 115 Å². The van der Waals surface area contributed by atoms with Gasteiger partial charge < -0.3 is 5.32 Å². The zero-order chi connectivity index (χ0) is 14.5. The molecule has 1 aromatic heterocycles. The lowest BCUT2D eigenvalue weighted by atomic mass is 10.1. The summed E-state index contributed by atoms with van der Waals surface area (Å²) >= 11 is 0. The highest BCUT2D eigenvalue weighted by Gasteiger charge is 2.16. The van der Waals surface area contributed by atoms with Crippen molar-refractivity contribution < 1.29 is 13.6 Å². The smallest absolute Gasteiger partial charge is 0.258 e. The summed E-state index contributed by atoms with van der Waals surface area (Å²) in [4.78, 5) is 15.0. The van der Waals surface area contributed by atoms with Gasteiger partial charge in [0.05, 0.1) is 5.56 Å². The van der Waals surface area contributed by atoms with Gasteiger partial charge in [-0.15, -0.1) is 0 Å². The molecule has 2 aromatic rings. The van der Waals surface area contributed by atoms with Crippen molar-refractivity contribution in [3.63, 3.8) is 0 Å². The Kier molecular flexibility index (Phi) is 4.40. The monoisotopic (exact) mass is 276 g/mol. The molecule has 3 nitrogen and oxygen atoms in total. The third kappa shape index (κ3) is 3.17. The van der Waals surface area contributed by atoms with Crippen LogP contribution in [0.3, 0.4) is 0 Å². The van der Waals surface area contributed by atoms with E-state index < -0.39 is 17.7 Å². The number of rotatable bonds is 4. The fraction of sp³-hybridized carbons (Fsp3) is 0.200. The number of anilines is 1. The third-order valence-corrected chi connectivity index (χ3v) is 2.84. The minimum atomic E-state index is -1.28. The molecule has 20 heavy (non-hydrogen) atoms. The average Bonchev–Trinajstić information content (AvgIpc) is 2.44. The fourth-order valence-electron chi connectivity index (χ4n) is 1.84. The molecule has 0 aliphatic carbocycles. The molecule has 104 valence electrons. The summed E-state index contributed by atoms with van der Waals surface area (Å²) in [7, 11) is 0. The van der Waals surface area contributed by atoms with E-state index in [2.05, 4.69) is 17.2 Å². The average molecular weight is 276 g/mol. The molecule has 0 saturated carbocycles. The van der Waals surface area contributed by atoms with Crippen LogP contribution in [0, 0.1) is 11.8 Å². The maximum Gasteiger partial charge on any atom is 0.258 e. The number of carbonyl (C=O) groups is 1. The predicted molar refractivity (Wildman–Crippen MR) is 72.5 cm³/mol. The maximum atomic E-state index is 13.4. The number of halogens is 2. The molecule has 1 amide bonds. The second kappa shape index (κ2) is 6.23. The van der Waals surface area contributed by atoms with E-state index in [9.17, 15) is 13.6 Å². The first-order valence-corrected chi connectivity index (χ1v) is 6.32. The number of benzene rings is 1. The molecule has 2 rings (SSSR count). The molecular weight excluding hydrogens is 262 g/mol. The Morgan fingerprint density at radius 1 is 1.20 bits per heavy atom. The molecule has 1 heterocycles. The quantitative estimate of drug-likeness (QED) is 0.867. The number of nitrogens with one attached hydrogen (secondary N) is 1. The second-order valence-electron chi connectivity index (χ2n) is 4.36. The van der Waals surface area contributed by atoms with Gasteiger partial charge in [-0.2, -0.15) is 4.39 Å². The van der Waals surface area contributed by atoms with Crippen LogP contribution in [0.2, 0.25) is 0 Å². The normalized spacial score (nSPS) is 10.3. The van der Waals surface area contributed by atoms with Gasteiger partial charge in [0.25, 0.3) is 5.91 Å². The summed E-state index contributed by atoms with van der Waals surface area (Å²) in [5.74, 6) is -3.23. The lowest BCUT2D eigenvalue weighted by molar-refractivity contribution is 0.102. The fourth-order valence-corrected chi connectivity index (χ4v) is 1.84. The van der Waals surface area contributed by atoms with Crippen LogP contribution in [0.4, 0.5) is 14.5 Å². The van der Waals surface area contributed by atoms with Gasteiger partial charge in [0, 0.05) is 11.9 Å². The second-order valence-corrected chi connectivity index (χ2v) is 4.36. The van der Waals surface area contributed by atoms with Crippen molar-refractivity contribution in [2.45, 2.75) is 19.8 Å². The van der Waals surface area contributed by atoms with E-state index >= 15 is 0 Å². The Balaban J connectivity index is 2.13. The highest BCUT2D eigenvalue weighted by atomic mass is 19.2. The van der Waals surface area contributed by atoms with Crippen LogP contribution < -0.4 is 5.32 Å². The first kappa shape index (κ1) is 14.1. The van der Waals surface area contributed by atoms with E-state index in [1.807, 2.05) is 12.1 Å². The SMILES string of the molecule is CCCc1ccc(NC(=O)c2ccnc(F)c2F)cc1. The van der Waals surface area contributed by atoms with Crippen LogP contribution in [0.15, 0.2) is 36.5 Å². The van der Waals surface area contributed by atoms with Crippen LogP contribution >= 0.6 is 0 Å². The molecule has 0 bridgehead atoms. The number of aryl methyl sites for hydroxylation is 1. The van der Waals surface area contributed by atoms with Crippen molar-refractivity contribution in [3.8, 4) is 0 Å². The Morgan fingerprint density at radius 3 is 2.55 bits per heavy atom. The topological polar surface area (TPSA) is 42.0 Å². The zero-order valence-electron chi connectivity index (χ0n) is 11.0. The molecule has 0 aliphatic rings. The van der Waals surface area contributed by atoms with E-state index in [0.717, 1.165) is 30.7 Å². The zero-order valence-corrected chi connectivity index (χ0v) is 11.0. The number of amides is 1. The van der Waals surface area contributed by atoms with E-state index in [0.29, 0.717) is 5.69 Å². The number of aromatic nitrogens is 1. The van der Waals surface area contributed by atoms with Gasteiger partial charge in [-0.1, -0.05) is 25.5 Å². The number of carbonyl (C=O) groups excluding carboxylic acids is 1. The summed E-state index contributed by atoms with van der Waals surface area (Å²) in [6.07, 6.45) is 3.04. The molecule has 0 aliphatic heterocycles. The van der Waals surface area contributed by atoms with E-state index in [1.54, 1.807) is 12.1 Å². The Hall–Kier alpha value is -2.30. The standard InChI is InChI=1S/C15H14F2N2O/c1-2-3-10-4-6-11(7-5-10)19-15(20)12-8-9-18-14(17)13(12)16/h4-9H,2-3H2,1H3,(H,19,20). The van der Waals surface area contributed by atoms with Gasteiger partial charge in [0.15, 0.2) is 5.82 Å². The molecule has 0 radical (unpaired) electrons. The van der Waals surface area contributed by atoms with E-state index in [4.69, 9.17) is 0 Å². The largest absolute Gasteiger partial charge is 0.322 e. The van der Waals surface area contributed by atoms with Gasteiger partial charge in [0.2, 0.25) is 5.95 Å². The highest BCUT2D eigenvalue weighted by Crippen LogP contribution is 2.14. The van der Waals surface area contributed by atoms with Crippen LogP contribution in [-0.2, 0) is 6.42 Å². The van der Waals surface area contributed by atoms with Crippen LogP contribution in [0.5, 0.6) is 0 Å². The molecular formula is C15H14F2N2O. The van der Waals surface area contributed by atoms with E-state index in [1.165, 1.54) is 0 Å². The maximum absolute atomic E-state index is 13.4. The summed E-state index contributed by atoms with van der Waals surface area (Å²) in [6, 6.07) is 8.39. The first-order chi connectivity index (χ1) is 9.61. The van der Waals surface area contributed by atoms with Gasteiger partial charge in [0.1, 0.15) is 0 Å².